The zero-order valence-corrected chi connectivity index (χ0v) is 15.4. The molecule has 0 amide bonds. The zero-order chi connectivity index (χ0) is 17.0. The fourth-order valence-corrected chi connectivity index (χ4v) is 6.23. The van der Waals surface area contributed by atoms with Crippen LogP contribution in [0.3, 0.4) is 0 Å². The normalized spacial score (nSPS) is 24.7. The molecule has 1 aliphatic carbocycles. The molecule has 5 heteroatoms. The number of rotatable bonds is 4. The van der Waals surface area contributed by atoms with Crippen molar-refractivity contribution in [3.8, 4) is 0 Å². The van der Waals surface area contributed by atoms with Crippen LogP contribution in [0.15, 0.2) is 29.3 Å². The van der Waals surface area contributed by atoms with Gasteiger partial charge in [-0.15, -0.1) is 0 Å². The summed E-state index contributed by atoms with van der Waals surface area (Å²) in [6.07, 6.45) is 5.67. The van der Waals surface area contributed by atoms with E-state index in [0.717, 1.165) is 51.0 Å². The molecule has 24 heavy (non-hydrogen) atoms. The summed E-state index contributed by atoms with van der Waals surface area (Å²) in [5.41, 5.74) is 3.93. The zero-order valence-electron chi connectivity index (χ0n) is 14.6. The highest BCUT2D eigenvalue weighted by Gasteiger charge is 2.49. The Bertz CT molecular complexity index is 785. The van der Waals surface area contributed by atoms with Gasteiger partial charge in [-0.05, 0) is 62.7 Å². The molecule has 130 valence electrons. The molecule has 4 nitrogen and oxygen atoms in total. The van der Waals surface area contributed by atoms with Crippen molar-refractivity contribution in [2.24, 2.45) is 10.4 Å². The van der Waals surface area contributed by atoms with Crippen LogP contribution < -0.4 is 0 Å². The van der Waals surface area contributed by atoms with Crippen molar-refractivity contribution in [3.05, 3.63) is 29.8 Å². The molecule has 1 aromatic rings. The molecule has 1 spiro atoms. The number of fused-ring (bicyclic) bond motifs is 2. The highest BCUT2D eigenvalue weighted by atomic mass is 32.2. The molecule has 0 atom stereocenters. The van der Waals surface area contributed by atoms with E-state index in [1.807, 2.05) is 0 Å². The third-order valence-electron chi connectivity index (χ3n) is 6.19. The van der Waals surface area contributed by atoms with Gasteiger partial charge in [-0.1, -0.05) is 18.2 Å². The first-order valence-electron chi connectivity index (χ1n) is 8.87. The number of likely N-dealkylation sites (tertiary alicyclic amines) is 1. The van der Waals surface area contributed by atoms with Gasteiger partial charge in [-0.25, -0.2) is 8.42 Å². The van der Waals surface area contributed by atoms with Gasteiger partial charge < -0.3 is 4.90 Å². The molecular formula is C19H26N2O2S. The average molecular weight is 346 g/mol. The van der Waals surface area contributed by atoms with Crippen LogP contribution in [0.25, 0.3) is 0 Å². The lowest BCUT2D eigenvalue weighted by molar-refractivity contribution is 0.165. The average Bonchev–Trinajstić information content (AvgIpc) is 3.19. The van der Waals surface area contributed by atoms with Crippen LogP contribution >= 0.6 is 0 Å². The maximum atomic E-state index is 11.7. The van der Waals surface area contributed by atoms with Gasteiger partial charge in [0.2, 0.25) is 0 Å². The molecule has 1 aromatic carbocycles. The molecule has 0 radical (unpaired) electrons. The number of aliphatic imine (C=N–C) groups is 1. The summed E-state index contributed by atoms with van der Waals surface area (Å²) in [5, 5.41) is 0. The minimum absolute atomic E-state index is 0.0365. The summed E-state index contributed by atoms with van der Waals surface area (Å²) in [5.74, 6) is 0.352. The molecule has 3 aliphatic rings. The van der Waals surface area contributed by atoms with E-state index in [0.29, 0.717) is 5.75 Å². The molecule has 1 saturated carbocycles. The topological polar surface area (TPSA) is 49.7 Å². The van der Waals surface area contributed by atoms with Crippen molar-refractivity contribution in [1.82, 2.24) is 4.90 Å². The Morgan fingerprint density at radius 3 is 2.42 bits per heavy atom. The predicted molar refractivity (Wildman–Crippen MR) is 97.9 cm³/mol. The van der Waals surface area contributed by atoms with Crippen molar-refractivity contribution < 1.29 is 8.42 Å². The Labute approximate surface area is 144 Å². The van der Waals surface area contributed by atoms with E-state index in [2.05, 4.69) is 36.1 Å². The fourth-order valence-electron chi connectivity index (χ4n) is 4.74. The third kappa shape index (κ3) is 2.82. The highest BCUT2D eigenvalue weighted by molar-refractivity contribution is 7.90. The van der Waals surface area contributed by atoms with Gasteiger partial charge in [0.15, 0.2) is 0 Å². The predicted octanol–water partition coefficient (Wildman–Crippen LogP) is 2.95. The van der Waals surface area contributed by atoms with Crippen molar-refractivity contribution in [3.63, 3.8) is 0 Å². The molecule has 2 fully saturated rings. The quantitative estimate of drug-likeness (QED) is 0.842. The van der Waals surface area contributed by atoms with Crippen LogP contribution in [0.4, 0.5) is 5.69 Å². The van der Waals surface area contributed by atoms with Crippen LogP contribution in [0.2, 0.25) is 0 Å². The van der Waals surface area contributed by atoms with Crippen LogP contribution in [0, 0.1) is 5.41 Å². The molecule has 4 rings (SSSR count). The molecule has 0 aromatic heterocycles. The Kier molecular flexibility index (Phi) is 3.66. The molecule has 0 N–H and O–H groups in total. The van der Waals surface area contributed by atoms with E-state index in [4.69, 9.17) is 4.99 Å². The second kappa shape index (κ2) is 5.40. The van der Waals surface area contributed by atoms with E-state index in [1.165, 1.54) is 17.5 Å². The Hall–Kier alpha value is -1.20. The largest absolute Gasteiger partial charge is 0.303 e. The van der Waals surface area contributed by atoms with E-state index in [1.54, 1.807) is 0 Å². The van der Waals surface area contributed by atoms with Crippen molar-refractivity contribution in [2.75, 3.05) is 31.6 Å². The number of sulfone groups is 1. The van der Waals surface area contributed by atoms with Crippen molar-refractivity contribution in [1.29, 1.82) is 0 Å². The second-order valence-electron chi connectivity index (χ2n) is 8.14. The third-order valence-corrected chi connectivity index (χ3v) is 7.33. The first-order chi connectivity index (χ1) is 11.3. The lowest BCUT2D eigenvalue weighted by Crippen LogP contribution is -2.47. The molecular weight excluding hydrogens is 320 g/mol. The van der Waals surface area contributed by atoms with E-state index < -0.39 is 9.84 Å². The minimum atomic E-state index is -2.89. The monoisotopic (exact) mass is 346 g/mol. The Balaban J connectivity index is 1.46. The van der Waals surface area contributed by atoms with E-state index in [9.17, 15) is 8.42 Å². The molecule has 2 heterocycles. The lowest BCUT2D eigenvalue weighted by atomic mass is 9.70. The molecule has 2 aliphatic heterocycles. The summed E-state index contributed by atoms with van der Waals surface area (Å²) in [6.45, 7) is 5.18. The van der Waals surface area contributed by atoms with Crippen LogP contribution in [0.5, 0.6) is 0 Å². The van der Waals surface area contributed by atoms with Gasteiger partial charge in [0.1, 0.15) is 9.84 Å². The molecule has 0 bridgehead atoms. The minimum Gasteiger partial charge on any atom is -0.303 e. The molecule has 0 unspecified atom stereocenters. The highest BCUT2D eigenvalue weighted by Crippen LogP contribution is 2.50. The van der Waals surface area contributed by atoms with Crippen LogP contribution in [0.1, 0.15) is 38.2 Å². The first kappa shape index (κ1) is 16.3. The Morgan fingerprint density at radius 2 is 1.79 bits per heavy atom. The SMILES string of the molecule is CC1=Nc2ccccc2C12CCN(CC1(CS(C)(=O)=O)CC1)CC2. The van der Waals surface area contributed by atoms with Gasteiger partial charge in [0.05, 0.1) is 11.4 Å². The summed E-state index contributed by atoms with van der Waals surface area (Å²) in [7, 11) is -2.89. The number of para-hydroxylation sites is 1. The summed E-state index contributed by atoms with van der Waals surface area (Å²) in [6, 6.07) is 8.53. The smallest absolute Gasteiger partial charge is 0.148 e. The fraction of sp³-hybridized carbons (Fsp3) is 0.632. The van der Waals surface area contributed by atoms with Crippen LogP contribution in [-0.2, 0) is 15.3 Å². The first-order valence-corrected chi connectivity index (χ1v) is 10.9. The number of hydrogen-bond acceptors (Lipinski definition) is 4. The number of benzene rings is 1. The van der Waals surface area contributed by atoms with E-state index in [-0.39, 0.29) is 10.8 Å². The van der Waals surface area contributed by atoms with E-state index >= 15 is 0 Å². The van der Waals surface area contributed by atoms with Crippen LogP contribution in [-0.4, -0.2) is 50.7 Å². The maximum absolute atomic E-state index is 11.7. The van der Waals surface area contributed by atoms with Crippen molar-refractivity contribution in [2.45, 2.75) is 38.0 Å². The number of piperidine rings is 1. The second-order valence-corrected chi connectivity index (χ2v) is 10.3. The lowest BCUT2D eigenvalue weighted by Gasteiger charge is -2.41. The summed E-state index contributed by atoms with van der Waals surface area (Å²) < 4.78 is 23.4. The number of nitrogens with zero attached hydrogens (tertiary/aromatic N) is 2. The summed E-state index contributed by atoms with van der Waals surface area (Å²) >= 11 is 0. The summed E-state index contributed by atoms with van der Waals surface area (Å²) in [4.78, 5) is 7.29. The molecule has 1 saturated heterocycles. The van der Waals surface area contributed by atoms with Gasteiger partial charge in [-0.2, -0.15) is 0 Å². The van der Waals surface area contributed by atoms with Crippen molar-refractivity contribution >= 4 is 21.2 Å². The Morgan fingerprint density at radius 1 is 1.12 bits per heavy atom. The van der Waals surface area contributed by atoms with Gasteiger partial charge in [0.25, 0.3) is 0 Å². The van der Waals surface area contributed by atoms with Gasteiger partial charge in [0, 0.05) is 23.9 Å². The van der Waals surface area contributed by atoms with Gasteiger partial charge in [-0.3, -0.25) is 4.99 Å². The maximum Gasteiger partial charge on any atom is 0.148 e. The van der Waals surface area contributed by atoms with Gasteiger partial charge >= 0.3 is 0 Å². The number of hydrogen-bond donors (Lipinski definition) is 0. The standard InChI is InChI=1S/C19H26N2O2S/c1-15-19(16-5-3-4-6-17(16)20-15)9-11-21(12-10-19)13-18(7-8-18)14-24(2,22)23/h3-6H,7-14H2,1-2H3.